The Kier molecular flexibility index (Phi) is 7.68. The van der Waals surface area contributed by atoms with Crippen LogP contribution >= 0.6 is 12.6 Å². The smallest absolute Gasteiger partial charge is 0.306 e. The summed E-state index contributed by atoms with van der Waals surface area (Å²) in [5, 5.41) is 14.9. The average Bonchev–Trinajstić information content (AvgIpc) is 2.48. The molecule has 23 heavy (non-hydrogen) atoms. The lowest BCUT2D eigenvalue weighted by Gasteiger charge is -2.22. The van der Waals surface area contributed by atoms with E-state index in [1.54, 1.807) is 20.9 Å². The van der Waals surface area contributed by atoms with E-state index in [-0.39, 0.29) is 11.9 Å². The van der Waals surface area contributed by atoms with Crippen molar-refractivity contribution >= 4 is 24.5 Å². The Bertz CT molecular complexity index is 568. The van der Waals surface area contributed by atoms with Crippen molar-refractivity contribution in [3.05, 3.63) is 46.5 Å². The number of nitrogens with one attached hydrogen (secondary N) is 2. The van der Waals surface area contributed by atoms with E-state index < -0.39 is 11.9 Å². The van der Waals surface area contributed by atoms with Gasteiger partial charge in [0.05, 0.1) is 5.92 Å². The van der Waals surface area contributed by atoms with Gasteiger partial charge in [-0.25, -0.2) is 0 Å². The molecule has 1 aromatic carbocycles. The van der Waals surface area contributed by atoms with E-state index >= 15 is 0 Å². The van der Waals surface area contributed by atoms with Gasteiger partial charge in [-0.2, -0.15) is 0 Å². The maximum absolute atomic E-state index is 12.3. The molecule has 0 bridgehead atoms. The topological polar surface area (TPSA) is 78.4 Å². The second kappa shape index (κ2) is 9.25. The molecule has 0 unspecified atom stereocenters. The number of thiol groups is 1. The summed E-state index contributed by atoms with van der Waals surface area (Å²) in [7, 11) is 1.65. The van der Waals surface area contributed by atoms with Gasteiger partial charge in [-0.05, 0) is 25.3 Å². The lowest BCUT2D eigenvalue weighted by Crippen LogP contribution is -2.41. The highest BCUT2D eigenvalue weighted by molar-refractivity contribution is 7.84. The van der Waals surface area contributed by atoms with Crippen LogP contribution in [0.25, 0.3) is 0 Å². The van der Waals surface area contributed by atoms with Crippen molar-refractivity contribution < 1.29 is 14.7 Å². The maximum Gasteiger partial charge on any atom is 0.306 e. The molecule has 1 aromatic rings. The van der Waals surface area contributed by atoms with E-state index in [1.807, 2.05) is 30.3 Å². The summed E-state index contributed by atoms with van der Waals surface area (Å²) in [6.45, 7) is 3.37. The van der Waals surface area contributed by atoms with Crippen LogP contribution in [-0.4, -0.2) is 30.1 Å². The number of carbonyl (C=O) groups is 2. The van der Waals surface area contributed by atoms with Crippen LogP contribution in [0.15, 0.2) is 40.9 Å². The molecule has 1 amide bonds. The van der Waals surface area contributed by atoms with Crippen LogP contribution in [0.2, 0.25) is 0 Å². The first kappa shape index (κ1) is 19.1. The SMILES string of the molecule is CN/C(C(=O)N[C@@H](Cc1ccccc1)C[C@H](C)C(=O)O)=C(/C)S. The predicted octanol–water partition coefficient (Wildman–Crippen LogP) is 2.21. The van der Waals surface area contributed by atoms with Crippen molar-refractivity contribution in [1.82, 2.24) is 10.6 Å². The fourth-order valence-electron chi connectivity index (χ4n) is 2.34. The zero-order valence-electron chi connectivity index (χ0n) is 13.7. The summed E-state index contributed by atoms with van der Waals surface area (Å²) in [5.74, 6) is -1.69. The number of hydrogen-bond acceptors (Lipinski definition) is 4. The number of carboxylic acid groups (broad SMARTS) is 1. The predicted molar refractivity (Wildman–Crippen MR) is 94.2 cm³/mol. The Morgan fingerprint density at radius 2 is 1.87 bits per heavy atom. The number of allylic oxidation sites excluding steroid dienone is 1. The molecule has 0 spiro atoms. The van der Waals surface area contributed by atoms with Gasteiger partial charge in [0.1, 0.15) is 5.70 Å². The van der Waals surface area contributed by atoms with Gasteiger partial charge in [-0.15, -0.1) is 12.6 Å². The van der Waals surface area contributed by atoms with Crippen LogP contribution in [0.4, 0.5) is 0 Å². The van der Waals surface area contributed by atoms with Gasteiger partial charge >= 0.3 is 5.97 Å². The number of carboxylic acids is 1. The normalized spacial score (nSPS) is 14.4. The lowest BCUT2D eigenvalue weighted by atomic mass is 9.96. The van der Waals surface area contributed by atoms with Crippen LogP contribution in [0.3, 0.4) is 0 Å². The molecule has 0 fully saturated rings. The minimum atomic E-state index is -0.868. The molecule has 126 valence electrons. The molecule has 0 saturated heterocycles. The number of benzene rings is 1. The molecule has 3 N–H and O–H groups in total. The number of carbonyl (C=O) groups excluding carboxylic acids is 1. The van der Waals surface area contributed by atoms with E-state index in [0.717, 1.165) is 5.56 Å². The van der Waals surface area contributed by atoms with Crippen molar-refractivity contribution in [3.8, 4) is 0 Å². The molecule has 0 radical (unpaired) electrons. The van der Waals surface area contributed by atoms with E-state index in [0.29, 0.717) is 23.4 Å². The molecule has 2 atom stereocenters. The van der Waals surface area contributed by atoms with E-state index in [1.165, 1.54) is 0 Å². The Hall–Kier alpha value is -1.95. The first-order chi connectivity index (χ1) is 10.8. The summed E-state index contributed by atoms with van der Waals surface area (Å²) >= 11 is 4.20. The molecule has 0 aliphatic carbocycles. The number of amides is 1. The van der Waals surface area contributed by atoms with Gasteiger partial charge in [-0.1, -0.05) is 37.3 Å². The largest absolute Gasteiger partial charge is 0.481 e. The minimum absolute atomic E-state index is 0.271. The Balaban J connectivity index is 2.88. The summed E-state index contributed by atoms with van der Waals surface area (Å²) in [6.07, 6.45) is 0.936. The fraction of sp³-hybridized carbons (Fsp3) is 0.412. The lowest BCUT2D eigenvalue weighted by molar-refractivity contribution is -0.141. The minimum Gasteiger partial charge on any atom is -0.481 e. The first-order valence-corrected chi connectivity index (χ1v) is 7.95. The maximum atomic E-state index is 12.3. The van der Waals surface area contributed by atoms with Gasteiger partial charge < -0.3 is 15.7 Å². The first-order valence-electron chi connectivity index (χ1n) is 7.50. The second-order valence-corrected chi connectivity index (χ2v) is 6.22. The highest BCUT2D eigenvalue weighted by Gasteiger charge is 2.22. The Morgan fingerprint density at radius 1 is 1.26 bits per heavy atom. The van der Waals surface area contributed by atoms with Gasteiger partial charge in [0.15, 0.2) is 0 Å². The molecule has 6 heteroatoms. The van der Waals surface area contributed by atoms with Crippen molar-refractivity contribution in [3.63, 3.8) is 0 Å². The third-order valence-corrected chi connectivity index (χ3v) is 3.78. The quantitative estimate of drug-likeness (QED) is 0.433. The third-order valence-electron chi connectivity index (χ3n) is 3.56. The van der Waals surface area contributed by atoms with Crippen LogP contribution in [0.5, 0.6) is 0 Å². The zero-order valence-corrected chi connectivity index (χ0v) is 14.6. The molecule has 1 rings (SSSR count). The number of aliphatic carboxylic acids is 1. The van der Waals surface area contributed by atoms with Crippen molar-refractivity contribution in [1.29, 1.82) is 0 Å². The summed E-state index contributed by atoms with van der Waals surface area (Å²) < 4.78 is 0. The molecule has 0 aliphatic rings. The van der Waals surface area contributed by atoms with Crippen molar-refractivity contribution in [2.45, 2.75) is 32.7 Å². The number of hydrogen-bond donors (Lipinski definition) is 4. The summed E-state index contributed by atoms with van der Waals surface area (Å²) in [6, 6.07) is 9.42. The molecule has 0 heterocycles. The standard InChI is InChI=1S/C17H24N2O3S/c1-11(17(21)22)9-14(10-13-7-5-4-6-8-13)19-16(20)15(18-3)12(2)23/h4-8,11,14,18,23H,9-10H2,1-3H3,(H,19,20)(H,21,22)/b15-12-/t11-,14+/m0/s1. The zero-order chi connectivity index (χ0) is 17.4. The highest BCUT2D eigenvalue weighted by atomic mass is 32.1. The van der Waals surface area contributed by atoms with Crippen LogP contribution in [0.1, 0.15) is 25.8 Å². The number of rotatable bonds is 8. The monoisotopic (exact) mass is 336 g/mol. The van der Waals surface area contributed by atoms with Crippen LogP contribution in [0, 0.1) is 5.92 Å². The fourth-order valence-corrected chi connectivity index (χ4v) is 2.55. The Labute approximate surface area is 142 Å². The molecule has 5 nitrogen and oxygen atoms in total. The summed E-state index contributed by atoms with van der Waals surface area (Å²) in [5.41, 5.74) is 1.43. The number of likely N-dealkylation sites (N-methyl/N-ethyl adjacent to an activating group) is 1. The Morgan fingerprint density at radius 3 is 2.35 bits per heavy atom. The van der Waals surface area contributed by atoms with Gasteiger partial charge in [0.2, 0.25) is 0 Å². The molecule has 0 saturated carbocycles. The van der Waals surface area contributed by atoms with Gasteiger partial charge in [0, 0.05) is 18.0 Å². The van der Waals surface area contributed by atoms with E-state index in [9.17, 15) is 9.59 Å². The van der Waals surface area contributed by atoms with Crippen LogP contribution in [-0.2, 0) is 16.0 Å². The third kappa shape index (κ3) is 6.36. The molecule has 0 aromatic heterocycles. The van der Waals surface area contributed by atoms with Gasteiger partial charge in [-0.3, -0.25) is 9.59 Å². The van der Waals surface area contributed by atoms with Crippen molar-refractivity contribution in [2.75, 3.05) is 7.05 Å². The van der Waals surface area contributed by atoms with E-state index in [2.05, 4.69) is 23.3 Å². The highest BCUT2D eigenvalue weighted by Crippen LogP contribution is 2.13. The van der Waals surface area contributed by atoms with Crippen LogP contribution < -0.4 is 10.6 Å². The van der Waals surface area contributed by atoms with E-state index in [4.69, 9.17) is 5.11 Å². The molecular formula is C17H24N2O3S. The molecular weight excluding hydrogens is 312 g/mol. The average molecular weight is 336 g/mol. The summed E-state index contributed by atoms with van der Waals surface area (Å²) in [4.78, 5) is 24.0. The van der Waals surface area contributed by atoms with Gasteiger partial charge in [0.25, 0.3) is 5.91 Å². The van der Waals surface area contributed by atoms with Crippen molar-refractivity contribution in [2.24, 2.45) is 5.92 Å². The molecule has 0 aliphatic heterocycles. The second-order valence-electron chi connectivity index (χ2n) is 5.55.